The van der Waals surface area contributed by atoms with Crippen molar-refractivity contribution < 1.29 is 27.1 Å². The zero-order valence-corrected chi connectivity index (χ0v) is 59.6. The van der Waals surface area contributed by atoms with E-state index in [1.165, 1.54) is 22.3 Å². The van der Waals surface area contributed by atoms with E-state index in [0.29, 0.717) is 0 Å². The van der Waals surface area contributed by atoms with Crippen molar-refractivity contribution in [2.45, 2.75) is 36.5 Å². The first-order valence-corrected chi connectivity index (χ1v) is 37.7. The molecule has 0 saturated heterocycles. The van der Waals surface area contributed by atoms with Crippen LogP contribution in [-0.2, 0) is 36.5 Å². The SMILES string of the molecule is Fc1ccc(C2(c3ccc(Oc4ccc5c(c4)CC5)cc3)c3ccccc3-c3ccc(N(c4ccc(-c5ccc(N(c6ccc7c(c6)C(c6ccc(F)cc6)(c6ccc(Oc8ccc9c(c8)CC9)cc6)c6ccccc6-7)c6cccc7oc8ccccc8c67)cc5)cc4)c4cccc5oc6ccccc6c45)cc32)cc1. The van der Waals surface area contributed by atoms with Gasteiger partial charge in [-0.3, -0.25) is 0 Å². The summed E-state index contributed by atoms with van der Waals surface area (Å²) in [6.45, 7) is 0. The number of nitrogens with zero attached hydrogens (tertiary/aromatic N) is 2. The molecule has 22 rings (SSSR count). The van der Waals surface area contributed by atoms with Crippen LogP contribution >= 0.6 is 0 Å². The summed E-state index contributed by atoms with van der Waals surface area (Å²) < 4.78 is 57.2. The smallest absolute Gasteiger partial charge is 0.137 e. The van der Waals surface area contributed by atoms with Crippen molar-refractivity contribution in [2.75, 3.05) is 9.80 Å². The van der Waals surface area contributed by atoms with Gasteiger partial charge in [-0.1, -0.05) is 194 Å². The molecule has 16 aromatic carbocycles. The van der Waals surface area contributed by atoms with Crippen molar-refractivity contribution in [2.24, 2.45) is 0 Å². The zero-order valence-electron chi connectivity index (χ0n) is 59.6. The summed E-state index contributed by atoms with van der Waals surface area (Å²) in [6.07, 6.45) is 4.34. The van der Waals surface area contributed by atoms with Crippen molar-refractivity contribution in [3.8, 4) is 56.4 Å². The lowest BCUT2D eigenvalue weighted by Gasteiger charge is -2.35. The van der Waals surface area contributed by atoms with Gasteiger partial charge in [0.15, 0.2) is 0 Å². The van der Waals surface area contributed by atoms with E-state index in [9.17, 15) is 0 Å². The molecule has 2 unspecified atom stereocenters. The van der Waals surface area contributed by atoms with Crippen molar-refractivity contribution in [1.29, 1.82) is 0 Å². The molecule has 0 aliphatic heterocycles. The monoisotopic (exact) mass is 1420 g/mol. The van der Waals surface area contributed by atoms with E-state index < -0.39 is 10.8 Å². The van der Waals surface area contributed by atoms with Crippen LogP contribution in [0.2, 0.25) is 0 Å². The van der Waals surface area contributed by atoms with Gasteiger partial charge < -0.3 is 28.1 Å². The van der Waals surface area contributed by atoms with Crippen LogP contribution in [-0.4, -0.2) is 0 Å². The third-order valence-electron chi connectivity index (χ3n) is 23.7. The molecule has 0 amide bonds. The van der Waals surface area contributed by atoms with Crippen molar-refractivity contribution in [1.82, 2.24) is 0 Å². The molecular formula is C102H66F2N2O4. The summed E-state index contributed by atoms with van der Waals surface area (Å²) in [5.74, 6) is 2.52. The number of anilines is 6. The lowest BCUT2D eigenvalue weighted by molar-refractivity contribution is 0.480. The summed E-state index contributed by atoms with van der Waals surface area (Å²) in [5.41, 5.74) is 27.3. The van der Waals surface area contributed by atoms with Gasteiger partial charge >= 0.3 is 0 Å². The Morgan fingerprint density at radius 1 is 0.264 bits per heavy atom. The Morgan fingerprint density at radius 3 is 1.01 bits per heavy atom. The number of hydrogen-bond acceptors (Lipinski definition) is 6. The Morgan fingerprint density at radius 2 is 0.609 bits per heavy atom. The molecule has 18 aromatic rings. The average molecular weight is 1420 g/mol. The van der Waals surface area contributed by atoms with Crippen molar-refractivity contribution in [3.05, 3.63) is 430 Å². The second kappa shape index (κ2) is 24.9. The molecule has 2 atom stereocenters. The number of fused-ring (bicyclic) bond motifs is 14. The fourth-order valence-electron chi connectivity index (χ4n) is 18.4. The maximum absolute atomic E-state index is 15.4. The Labute approximate surface area is 634 Å². The highest BCUT2D eigenvalue weighted by Crippen LogP contribution is 2.61. The van der Waals surface area contributed by atoms with Crippen molar-refractivity contribution in [3.63, 3.8) is 0 Å². The maximum atomic E-state index is 15.4. The molecule has 0 spiro atoms. The Hall–Kier alpha value is -13.8. The number of benzene rings is 16. The highest BCUT2D eigenvalue weighted by atomic mass is 19.1. The summed E-state index contributed by atoms with van der Waals surface area (Å²) >= 11 is 0. The van der Waals surface area contributed by atoms with E-state index in [1.807, 2.05) is 60.7 Å². The maximum Gasteiger partial charge on any atom is 0.137 e. The van der Waals surface area contributed by atoms with Crippen LogP contribution in [0.4, 0.5) is 42.9 Å². The highest BCUT2D eigenvalue weighted by Gasteiger charge is 2.49. The topological polar surface area (TPSA) is 51.2 Å². The lowest BCUT2D eigenvalue weighted by atomic mass is 9.67. The third-order valence-corrected chi connectivity index (χ3v) is 23.7. The van der Waals surface area contributed by atoms with Gasteiger partial charge in [0.05, 0.1) is 33.0 Å². The van der Waals surface area contributed by atoms with Crippen LogP contribution in [0.25, 0.3) is 77.3 Å². The molecule has 0 fully saturated rings. The number of ether oxygens (including phenoxy) is 2. The van der Waals surface area contributed by atoms with Crippen LogP contribution in [0.15, 0.2) is 361 Å². The van der Waals surface area contributed by atoms with Crippen LogP contribution in [0.1, 0.15) is 66.8 Å². The normalized spacial score (nSPS) is 15.5. The molecular weight excluding hydrogens is 1360 g/mol. The predicted octanol–water partition coefficient (Wildman–Crippen LogP) is 26.9. The molecule has 110 heavy (non-hydrogen) atoms. The van der Waals surface area contributed by atoms with E-state index in [-0.39, 0.29) is 11.6 Å². The van der Waals surface area contributed by atoms with Crippen LogP contribution < -0.4 is 19.3 Å². The first-order chi connectivity index (χ1) is 54.3. The molecule has 0 bridgehead atoms. The zero-order chi connectivity index (χ0) is 72.8. The van der Waals surface area contributed by atoms with Gasteiger partial charge in [-0.05, 0) is 284 Å². The summed E-state index contributed by atoms with van der Waals surface area (Å²) in [4.78, 5) is 4.72. The molecule has 4 aliphatic carbocycles. The Kier molecular flexibility index (Phi) is 14.4. The number of hydrogen-bond donors (Lipinski definition) is 0. The summed E-state index contributed by atoms with van der Waals surface area (Å²) in [5, 5.41) is 4.01. The third kappa shape index (κ3) is 9.85. The minimum absolute atomic E-state index is 0.300. The number of halogens is 2. The first kappa shape index (κ1) is 63.5. The van der Waals surface area contributed by atoms with E-state index in [2.05, 4.69) is 277 Å². The Bertz CT molecular complexity index is 6330. The minimum Gasteiger partial charge on any atom is -0.457 e. The predicted molar refractivity (Wildman–Crippen MR) is 438 cm³/mol. The molecule has 6 nitrogen and oxygen atoms in total. The largest absolute Gasteiger partial charge is 0.457 e. The quantitative estimate of drug-likeness (QED) is 0.102. The number of rotatable bonds is 15. The summed E-state index contributed by atoms with van der Waals surface area (Å²) in [6, 6.07) is 122. The molecule has 8 heteroatoms. The molecule has 0 saturated carbocycles. The molecule has 4 aliphatic rings. The number of para-hydroxylation sites is 2. The molecule has 0 radical (unpaired) electrons. The minimum atomic E-state index is -0.873. The lowest BCUT2D eigenvalue weighted by Crippen LogP contribution is -2.29. The van der Waals surface area contributed by atoms with Crippen LogP contribution in [0.3, 0.4) is 0 Å². The second-order valence-corrected chi connectivity index (χ2v) is 29.4. The van der Waals surface area contributed by atoms with E-state index in [1.54, 1.807) is 24.3 Å². The van der Waals surface area contributed by atoms with E-state index in [0.717, 1.165) is 205 Å². The van der Waals surface area contributed by atoms with Gasteiger partial charge in [-0.2, -0.15) is 0 Å². The highest BCUT2D eigenvalue weighted by molar-refractivity contribution is 6.15. The van der Waals surface area contributed by atoms with Gasteiger partial charge in [0.2, 0.25) is 0 Å². The van der Waals surface area contributed by atoms with Gasteiger partial charge in [0.1, 0.15) is 57.0 Å². The molecule has 522 valence electrons. The van der Waals surface area contributed by atoms with Crippen LogP contribution in [0, 0.1) is 11.6 Å². The standard InChI is InChI=1S/C102H66F2N2O4/c103-73-41-33-69(34-42-73)101(71-37-53-79(54-38-71)107-81-51-31-65-23-25-67(65)59-81)89-15-5-1-11-83(89)85-57-49-77(61-91(85)101)105(93-17-9-21-97-99(93)87-13-3-7-19-95(87)109-97)75-45-27-63(28-46-75)64-29-47-76(48-30-64)106(94-18-10-22-98-100(94)88-14-4-8-20-96(88)110-98)78-50-58-86-84-12-2-6-16-90(84)102(92(86)62-78,70-35-43-74(104)44-36-70)72-39-55-80(56-40-72)108-82-52-32-66-24-26-68(66)60-82/h1-22,27-62H,23-26H2. The summed E-state index contributed by atoms with van der Waals surface area (Å²) in [7, 11) is 0. The number of aryl methyl sites for hydroxylation is 4. The van der Waals surface area contributed by atoms with Crippen molar-refractivity contribution >= 4 is 78.0 Å². The van der Waals surface area contributed by atoms with Crippen LogP contribution in [0.5, 0.6) is 23.0 Å². The average Bonchev–Trinajstić information content (AvgIpc) is 1.54. The van der Waals surface area contributed by atoms with Gasteiger partial charge in [-0.25, -0.2) is 8.78 Å². The number of furan rings is 2. The molecule has 0 N–H and O–H groups in total. The van der Waals surface area contributed by atoms with Gasteiger partial charge in [0, 0.05) is 33.5 Å². The molecule has 2 aromatic heterocycles. The first-order valence-electron chi connectivity index (χ1n) is 37.7. The fourth-order valence-corrected chi connectivity index (χ4v) is 18.4. The second-order valence-electron chi connectivity index (χ2n) is 29.4. The molecule has 2 heterocycles. The van der Waals surface area contributed by atoms with E-state index in [4.69, 9.17) is 18.3 Å². The van der Waals surface area contributed by atoms with Gasteiger partial charge in [0.25, 0.3) is 0 Å². The van der Waals surface area contributed by atoms with Gasteiger partial charge in [-0.15, -0.1) is 0 Å². The Balaban J connectivity index is 0.672. The van der Waals surface area contributed by atoms with E-state index >= 15 is 8.78 Å². The fraction of sp³-hybridized carbons (Fsp3) is 0.0588.